The van der Waals surface area contributed by atoms with Gasteiger partial charge in [-0.05, 0) is 11.6 Å². The molecule has 28 heavy (non-hydrogen) atoms. The van der Waals surface area contributed by atoms with Crippen molar-refractivity contribution in [1.82, 2.24) is 19.8 Å². The summed E-state index contributed by atoms with van der Waals surface area (Å²) in [5.41, 5.74) is 2.21. The number of carbonyl (C=O) groups is 1. The van der Waals surface area contributed by atoms with E-state index in [1.807, 2.05) is 47.5 Å². The van der Waals surface area contributed by atoms with Crippen LogP contribution in [0, 0.1) is 0 Å². The van der Waals surface area contributed by atoms with Gasteiger partial charge in [0, 0.05) is 63.5 Å². The zero-order valence-corrected chi connectivity index (χ0v) is 15.8. The van der Waals surface area contributed by atoms with Crippen LogP contribution in [0.2, 0.25) is 0 Å². The van der Waals surface area contributed by atoms with Gasteiger partial charge < -0.3 is 9.32 Å². The van der Waals surface area contributed by atoms with E-state index in [1.54, 1.807) is 12.4 Å². The number of oxazole rings is 1. The fourth-order valence-corrected chi connectivity index (χ4v) is 3.44. The molecule has 1 fully saturated rings. The highest BCUT2D eigenvalue weighted by atomic mass is 16.4. The van der Waals surface area contributed by atoms with Crippen molar-refractivity contribution in [2.75, 3.05) is 26.2 Å². The van der Waals surface area contributed by atoms with Crippen LogP contribution in [-0.4, -0.2) is 51.9 Å². The van der Waals surface area contributed by atoms with Crippen molar-refractivity contribution in [1.29, 1.82) is 0 Å². The molecule has 1 saturated heterocycles. The second-order valence-electron chi connectivity index (χ2n) is 7.00. The number of aromatic nitrogens is 2. The molecule has 3 aromatic rings. The van der Waals surface area contributed by atoms with Crippen LogP contribution in [0.15, 0.2) is 65.5 Å². The van der Waals surface area contributed by atoms with Crippen LogP contribution in [0.1, 0.15) is 17.9 Å². The van der Waals surface area contributed by atoms with Crippen LogP contribution in [0.3, 0.4) is 0 Å². The van der Waals surface area contributed by atoms with E-state index in [4.69, 9.17) is 4.42 Å². The number of rotatable bonds is 6. The van der Waals surface area contributed by atoms with Crippen LogP contribution in [0.5, 0.6) is 0 Å². The molecule has 0 radical (unpaired) electrons. The lowest BCUT2D eigenvalue weighted by Gasteiger charge is -2.34. The molecule has 4 rings (SSSR count). The topological polar surface area (TPSA) is 62.5 Å². The van der Waals surface area contributed by atoms with Crippen LogP contribution in [0.4, 0.5) is 0 Å². The first-order chi connectivity index (χ1) is 13.8. The Kier molecular flexibility index (Phi) is 5.77. The Morgan fingerprint density at radius 2 is 1.82 bits per heavy atom. The third-order valence-corrected chi connectivity index (χ3v) is 5.02. The number of benzene rings is 1. The Labute approximate surface area is 164 Å². The van der Waals surface area contributed by atoms with Gasteiger partial charge >= 0.3 is 0 Å². The maximum Gasteiger partial charge on any atom is 0.223 e. The largest absolute Gasteiger partial charge is 0.441 e. The first kappa shape index (κ1) is 18.4. The fraction of sp³-hybridized carbons (Fsp3) is 0.318. The number of nitrogens with zero attached hydrogens (tertiary/aromatic N) is 4. The molecule has 0 spiro atoms. The molecule has 1 aromatic carbocycles. The second-order valence-corrected chi connectivity index (χ2v) is 7.00. The minimum absolute atomic E-state index is 0.167. The van der Waals surface area contributed by atoms with Crippen molar-refractivity contribution in [2.24, 2.45) is 0 Å². The van der Waals surface area contributed by atoms with Crippen molar-refractivity contribution in [3.8, 4) is 11.3 Å². The van der Waals surface area contributed by atoms with Gasteiger partial charge in [0.15, 0.2) is 11.7 Å². The third-order valence-electron chi connectivity index (χ3n) is 5.02. The van der Waals surface area contributed by atoms with E-state index < -0.39 is 0 Å². The Hall–Kier alpha value is -2.99. The number of aryl methyl sites for hydroxylation is 1. The van der Waals surface area contributed by atoms with Crippen molar-refractivity contribution in [3.05, 3.63) is 72.5 Å². The van der Waals surface area contributed by atoms with Gasteiger partial charge in [0.1, 0.15) is 0 Å². The minimum Gasteiger partial charge on any atom is -0.441 e. The summed E-state index contributed by atoms with van der Waals surface area (Å²) in [7, 11) is 0. The molecular weight excluding hydrogens is 352 g/mol. The summed E-state index contributed by atoms with van der Waals surface area (Å²) in [6.07, 6.45) is 6.37. The average Bonchev–Trinajstić information content (AvgIpc) is 3.23. The average molecular weight is 376 g/mol. The molecule has 0 bridgehead atoms. The van der Waals surface area contributed by atoms with Gasteiger partial charge in [-0.25, -0.2) is 4.98 Å². The smallest absolute Gasteiger partial charge is 0.223 e. The van der Waals surface area contributed by atoms with Crippen molar-refractivity contribution < 1.29 is 9.21 Å². The number of pyridine rings is 1. The fourth-order valence-electron chi connectivity index (χ4n) is 3.44. The molecule has 0 aliphatic carbocycles. The van der Waals surface area contributed by atoms with Gasteiger partial charge in [-0.1, -0.05) is 36.4 Å². The summed E-state index contributed by atoms with van der Waals surface area (Å²) < 4.78 is 5.79. The maximum atomic E-state index is 12.5. The zero-order chi connectivity index (χ0) is 19.2. The first-order valence-electron chi connectivity index (χ1n) is 9.67. The number of carbonyl (C=O) groups excluding carboxylic acids is 1. The van der Waals surface area contributed by atoms with Crippen molar-refractivity contribution in [3.63, 3.8) is 0 Å². The highest BCUT2D eigenvalue weighted by molar-refractivity contribution is 5.76. The summed E-state index contributed by atoms with van der Waals surface area (Å²) >= 11 is 0. The quantitative estimate of drug-likeness (QED) is 0.662. The van der Waals surface area contributed by atoms with E-state index in [0.717, 1.165) is 44.0 Å². The third kappa shape index (κ3) is 4.64. The molecule has 1 aliphatic heterocycles. The van der Waals surface area contributed by atoms with E-state index in [1.165, 1.54) is 5.56 Å². The lowest BCUT2D eigenvalue weighted by atomic mass is 10.2. The number of amides is 1. The molecule has 0 N–H and O–H groups in total. The van der Waals surface area contributed by atoms with Crippen molar-refractivity contribution >= 4 is 5.91 Å². The lowest BCUT2D eigenvalue weighted by molar-refractivity contribution is -0.133. The molecule has 144 valence electrons. The van der Waals surface area contributed by atoms with Gasteiger partial charge in [-0.15, -0.1) is 0 Å². The van der Waals surface area contributed by atoms with Gasteiger partial charge in [0.05, 0.1) is 6.20 Å². The van der Waals surface area contributed by atoms with Gasteiger partial charge in [0.25, 0.3) is 0 Å². The number of hydrogen-bond donors (Lipinski definition) is 0. The molecule has 0 saturated carbocycles. The van der Waals surface area contributed by atoms with E-state index in [-0.39, 0.29) is 5.91 Å². The molecule has 1 aliphatic rings. The monoisotopic (exact) mass is 376 g/mol. The molecule has 0 atom stereocenters. The summed E-state index contributed by atoms with van der Waals surface area (Å²) in [6, 6.07) is 13.9. The molecule has 1 amide bonds. The second kappa shape index (κ2) is 8.80. The Morgan fingerprint density at radius 1 is 1.00 bits per heavy atom. The lowest BCUT2D eigenvalue weighted by Crippen LogP contribution is -2.48. The molecule has 0 unspecified atom stereocenters. The predicted octanol–water partition coefficient (Wildman–Crippen LogP) is 3.01. The van der Waals surface area contributed by atoms with Crippen LogP contribution < -0.4 is 0 Å². The van der Waals surface area contributed by atoms with E-state index in [9.17, 15) is 4.79 Å². The van der Waals surface area contributed by atoms with Crippen molar-refractivity contribution in [2.45, 2.75) is 19.4 Å². The van der Waals surface area contributed by atoms with Crippen LogP contribution in [0.25, 0.3) is 11.3 Å². The normalized spacial score (nSPS) is 14.9. The summed E-state index contributed by atoms with van der Waals surface area (Å²) in [5.74, 6) is 1.52. The first-order valence-corrected chi connectivity index (χ1v) is 9.67. The number of piperazine rings is 1. The predicted molar refractivity (Wildman–Crippen MR) is 106 cm³/mol. The molecule has 6 nitrogen and oxygen atoms in total. The molecular formula is C22H24N4O2. The van der Waals surface area contributed by atoms with E-state index in [2.05, 4.69) is 20.9 Å². The van der Waals surface area contributed by atoms with E-state index >= 15 is 0 Å². The Bertz CT molecular complexity index is 887. The zero-order valence-electron chi connectivity index (χ0n) is 15.8. The van der Waals surface area contributed by atoms with Gasteiger partial charge in [-0.2, -0.15) is 0 Å². The van der Waals surface area contributed by atoms with Crippen LogP contribution in [-0.2, 0) is 17.8 Å². The summed E-state index contributed by atoms with van der Waals surface area (Å²) in [5, 5.41) is 0. The molecule has 2 aromatic heterocycles. The number of hydrogen-bond acceptors (Lipinski definition) is 5. The van der Waals surface area contributed by atoms with Gasteiger partial charge in [-0.3, -0.25) is 14.7 Å². The SMILES string of the molecule is O=C(CCc1ncc(-c2ccccc2)o1)N1CCN(Cc2cccnc2)CC1. The highest BCUT2D eigenvalue weighted by Gasteiger charge is 2.21. The summed E-state index contributed by atoms with van der Waals surface area (Å²) in [4.78, 5) is 25.3. The van der Waals surface area contributed by atoms with Crippen LogP contribution >= 0.6 is 0 Å². The molecule has 6 heteroatoms. The standard InChI is InChI=1S/C22H24N4O2/c27-22(9-8-21-24-16-20(28-21)19-6-2-1-3-7-19)26-13-11-25(12-14-26)17-18-5-4-10-23-15-18/h1-7,10,15-16H,8-9,11-14,17H2. The highest BCUT2D eigenvalue weighted by Crippen LogP contribution is 2.20. The Morgan fingerprint density at radius 3 is 2.57 bits per heavy atom. The Balaban J connectivity index is 1.23. The molecule has 3 heterocycles. The van der Waals surface area contributed by atoms with Gasteiger partial charge in [0.2, 0.25) is 5.91 Å². The maximum absolute atomic E-state index is 12.5. The van der Waals surface area contributed by atoms with E-state index in [0.29, 0.717) is 18.7 Å². The minimum atomic E-state index is 0.167. The summed E-state index contributed by atoms with van der Waals surface area (Å²) in [6.45, 7) is 4.18.